The highest BCUT2D eigenvalue weighted by molar-refractivity contribution is 5.94. The number of carbonyl (C=O) groups excluding carboxylic acids is 2. The predicted molar refractivity (Wildman–Crippen MR) is 111 cm³/mol. The van der Waals surface area contributed by atoms with E-state index in [1.165, 1.54) is 12.1 Å². The van der Waals surface area contributed by atoms with Gasteiger partial charge in [-0.2, -0.15) is 5.10 Å². The highest BCUT2D eigenvalue weighted by Crippen LogP contribution is 2.14. The molecule has 0 atom stereocenters. The summed E-state index contributed by atoms with van der Waals surface area (Å²) < 4.78 is 1.77. The van der Waals surface area contributed by atoms with Gasteiger partial charge in [0.1, 0.15) is 5.75 Å². The van der Waals surface area contributed by atoms with E-state index in [4.69, 9.17) is 0 Å². The number of piperazine rings is 1. The van der Waals surface area contributed by atoms with Gasteiger partial charge in [-0.1, -0.05) is 12.1 Å². The third-order valence-corrected chi connectivity index (χ3v) is 5.09. The lowest BCUT2D eigenvalue weighted by Gasteiger charge is -2.34. The summed E-state index contributed by atoms with van der Waals surface area (Å²) >= 11 is 0. The van der Waals surface area contributed by atoms with Gasteiger partial charge in [0.2, 0.25) is 0 Å². The highest BCUT2D eigenvalue weighted by atomic mass is 16.3. The van der Waals surface area contributed by atoms with E-state index in [9.17, 15) is 14.7 Å². The zero-order valence-corrected chi connectivity index (χ0v) is 16.4. The van der Waals surface area contributed by atoms with Crippen LogP contribution < -0.4 is 5.32 Å². The molecule has 1 aliphatic heterocycles. The minimum absolute atomic E-state index is 0.0921. The van der Waals surface area contributed by atoms with Crippen molar-refractivity contribution in [1.29, 1.82) is 0 Å². The number of nitrogens with zero attached hydrogens (tertiary/aromatic N) is 4. The Labute approximate surface area is 174 Å². The average molecular weight is 405 g/mol. The number of aromatic hydroxyl groups is 1. The summed E-state index contributed by atoms with van der Waals surface area (Å²) in [7, 11) is 0. The summed E-state index contributed by atoms with van der Waals surface area (Å²) in [6.07, 6.45) is 3.59. The van der Waals surface area contributed by atoms with Crippen molar-refractivity contribution in [1.82, 2.24) is 24.9 Å². The van der Waals surface area contributed by atoms with Crippen molar-refractivity contribution in [2.45, 2.75) is 6.54 Å². The van der Waals surface area contributed by atoms with Crippen LogP contribution in [0.25, 0.3) is 5.69 Å². The van der Waals surface area contributed by atoms with Gasteiger partial charge in [0.05, 0.1) is 5.69 Å². The molecular formula is C22H23N5O3. The van der Waals surface area contributed by atoms with Gasteiger partial charge in [0, 0.05) is 50.7 Å². The number of hydrogen-bond donors (Lipinski definition) is 2. The van der Waals surface area contributed by atoms with Crippen molar-refractivity contribution in [3.05, 3.63) is 78.1 Å². The molecule has 0 spiro atoms. The number of benzene rings is 2. The lowest BCUT2D eigenvalue weighted by atomic mass is 10.1. The summed E-state index contributed by atoms with van der Waals surface area (Å²) in [6, 6.07) is 15.8. The Kier molecular flexibility index (Phi) is 5.65. The van der Waals surface area contributed by atoms with Gasteiger partial charge >= 0.3 is 6.03 Å². The number of amides is 3. The number of phenols is 1. The standard InChI is InChI=1S/C22H23N5O3/c28-20-7-5-18(6-8-20)21(29)25-11-13-26(14-12-25)22(30)23-16-17-3-1-4-19(15-17)27-10-2-9-24-27/h1-10,15,28H,11-14,16H2,(H,23,30). The first kappa shape index (κ1) is 19.5. The van der Waals surface area contributed by atoms with Crippen LogP contribution in [0.3, 0.4) is 0 Å². The molecule has 3 aromatic rings. The lowest BCUT2D eigenvalue weighted by Crippen LogP contribution is -2.53. The molecule has 0 radical (unpaired) electrons. The van der Waals surface area contributed by atoms with E-state index < -0.39 is 0 Å². The topological polar surface area (TPSA) is 90.7 Å². The predicted octanol–water partition coefficient (Wildman–Crippen LogP) is 2.25. The Bertz CT molecular complexity index is 1010. The summed E-state index contributed by atoms with van der Waals surface area (Å²) in [4.78, 5) is 28.5. The van der Waals surface area contributed by atoms with Gasteiger partial charge in [-0.25, -0.2) is 9.48 Å². The number of urea groups is 1. The Hall–Kier alpha value is -3.81. The van der Waals surface area contributed by atoms with Gasteiger partial charge in [-0.15, -0.1) is 0 Å². The third kappa shape index (κ3) is 4.43. The first-order chi connectivity index (χ1) is 14.6. The SMILES string of the molecule is O=C(NCc1cccc(-n2cccn2)c1)N1CCN(C(=O)c2ccc(O)cc2)CC1. The van der Waals surface area contributed by atoms with E-state index in [0.717, 1.165) is 11.3 Å². The number of carbonyl (C=O) groups is 2. The van der Waals surface area contributed by atoms with E-state index in [2.05, 4.69) is 10.4 Å². The smallest absolute Gasteiger partial charge is 0.317 e. The molecule has 154 valence electrons. The molecule has 2 N–H and O–H groups in total. The van der Waals surface area contributed by atoms with E-state index in [1.807, 2.05) is 36.5 Å². The number of nitrogens with one attached hydrogen (secondary N) is 1. The minimum atomic E-state index is -0.142. The molecule has 30 heavy (non-hydrogen) atoms. The van der Waals surface area contributed by atoms with Crippen LogP contribution in [-0.2, 0) is 6.54 Å². The van der Waals surface area contributed by atoms with Gasteiger partial charge in [0.25, 0.3) is 5.91 Å². The monoisotopic (exact) mass is 405 g/mol. The van der Waals surface area contributed by atoms with Crippen LogP contribution in [0.5, 0.6) is 5.75 Å². The van der Waals surface area contributed by atoms with Crippen LogP contribution in [0.15, 0.2) is 67.0 Å². The largest absolute Gasteiger partial charge is 0.508 e. The molecule has 0 unspecified atom stereocenters. The number of hydrogen-bond acceptors (Lipinski definition) is 4. The van der Waals surface area contributed by atoms with Gasteiger partial charge in [-0.3, -0.25) is 4.79 Å². The summed E-state index contributed by atoms with van der Waals surface area (Å²) in [6.45, 7) is 2.32. The first-order valence-electron chi connectivity index (χ1n) is 9.80. The quantitative estimate of drug-likeness (QED) is 0.697. The Morgan fingerprint density at radius 2 is 1.70 bits per heavy atom. The maximum atomic E-state index is 12.5. The fourth-order valence-corrected chi connectivity index (χ4v) is 3.42. The fourth-order valence-electron chi connectivity index (χ4n) is 3.42. The molecule has 1 saturated heterocycles. The lowest BCUT2D eigenvalue weighted by molar-refractivity contribution is 0.0665. The average Bonchev–Trinajstić information content (AvgIpc) is 3.33. The zero-order valence-electron chi connectivity index (χ0n) is 16.4. The molecule has 8 nitrogen and oxygen atoms in total. The second-order valence-electron chi connectivity index (χ2n) is 7.11. The first-order valence-corrected chi connectivity index (χ1v) is 9.80. The number of phenolic OH excluding ortho intramolecular Hbond substituents is 1. The molecule has 0 aliphatic carbocycles. The van der Waals surface area contributed by atoms with Crippen molar-refractivity contribution >= 4 is 11.9 Å². The molecule has 2 heterocycles. The minimum Gasteiger partial charge on any atom is -0.508 e. The molecule has 0 bridgehead atoms. The number of aromatic nitrogens is 2. The molecule has 2 aromatic carbocycles. The van der Waals surface area contributed by atoms with E-state index in [0.29, 0.717) is 38.3 Å². The van der Waals surface area contributed by atoms with E-state index >= 15 is 0 Å². The van der Waals surface area contributed by atoms with Gasteiger partial charge in [-0.05, 0) is 48.0 Å². The maximum Gasteiger partial charge on any atom is 0.317 e. The van der Waals surface area contributed by atoms with E-state index in [-0.39, 0.29) is 17.7 Å². The second-order valence-corrected chi connectivity index (χ2v) is 7.11. The normalized spacial score (nSPS) is 13.9. The molecule has 8 heteroatoms. The molecular weight excluding hydrogens is 382 g/mol. The Balaban J connectivity index is 1.28. The van der Waals surface area contributed by atoms with Crippen LogP contribution >= 0.6 is 0 Å². The molecule has 1 aromatic heterocycles. The molecule has 3 amide bonds. The molecule has 0 saturated carbocycles. The van der Waals surface area contributed by atoms with Crippen molar-refractivity contribution in [3.8, 4) is 11.4 Å². The van der Waals surface area contributed by atoms with Crippen LogP contribution in [0.4, 0.5) is 4.79 Å². The van der Waals surface area contributed by atoms with Crippen LogP contribution in [0.2, 0.25) is 0 Å². The van der Waals surface area contributed by atoms with Crippen LogP contribution in [-0.4, -0.2) is 62.8 Å². The summed E-state index contributed by atoms with van der Waals surface area (Å²) in [5, 5.41) is 16.5. The highest BCUT2D eigenvalue weighted by Gasteiger charge is 2.24. The van der Waals surface area contributed by atoms with Gasteiger partial charge in [0.15, 0.2) is 0 Å². The molecule has 1 aliphatic rings. The third-order valence-electron chi connectivity index (χ3n) is 5.09. The number of rotatable bonds is 4. The molecule has 1 fully saturated rings. The zero-order chi connectivity index (χ0) is 20.9. The second kappa shape index (κ2) is 8.69. The fraction of sp³-hybridized carbons (Fsp3) is 0.227. The van der Waals surface area contributed by atoms with Crippen molar-refractivity contribution in [2.75, 3.05) is 26.2 Å². The summed E-state index contributed by atoms with van der Waals surface area (Å²) in [5.74, 6) is 0.0358. The van der Waals surface area contributed by atoms with Crippen LogP contribution in [0, 0.1) is 0 Å². The maximum absolute atomic E-state index is 12.5. The van der Waals surface area contributed by atoms with Crippen molar-refractivity contribution in [3.63, 3.8) is 0 Å². The van der Waals surface area contributed by atoms with Gasteiger partial charge < -0.3 is 20.2 Å². The Morgan fingerprint density at radius 1 is 0.967 bits per heavy atom. The Morgan fingerprint density at radius 3 is 2.40 bits per heavy atom. The van der Waals surface area contributed by atoms with Crippen molar-refractivity contribution in [2.24, 2.45) is 0 Å². The van der Waals surface area contributed by atoms with Crippen LogP contribution in [0.1, 0.15) is 15.9 Å². The van der Waals surface area contributed by atoms with E-state index in [1.54, 1.807) is 32.8 Å². The summed E-state index contributed by atoms with van der Waals surface area (Å²) in [5.41, 5.74) is 2.45. The van der Waals surface area contributed by atoms with Crippen molar-refractivity contribution < 1.29 is 14.7 Å². The molecule has 4 rings (SSSR count).